The number of likely N-dealkylation sites (tertiary alicyclic amines) is 1. The van der Waals surface area contributed by atoms with Crippen molar-refractivity contribution in [2.24, 2.45) is 0 Å². The van der Waals surface area contributed by atoms with Crippen LogP contribution < -0.4 is 10.1 Å². The maximum Gasteiger partial charge on any atom is 0.134 e. The van der Waals surface area contributed by atoms with Gasteiger partial charge in [-0.15, -0.1) is 0 Å². The topological polar surface area (TPSA) is 24.5 Å². The predicted octanol–water partition coefficient (Wildman–Crippen LogP) is 6.61. The van der Waals surface area contributed by atoms with Gasteiger partial charge in [-0.05, 0) is 52.2 Å². The normalized spacial score (nSPS) is 27.6. The first-order chi connectivity index (χ1) is 15.0. The van der Waals surface area contributed by atoms with E-state index >= 15 is 8.78 Å². The quantitative estimate of drug-likeness (QED) is 0.541. The summed E-state index contributed by atoms with van der Waals surface area (Å²) in [5.74, 6) is -1.09. The third-order valence-electron chi connectivity index (χ3n) is 6.86. The summed E-state index contributed by atoms with van der Waals surface area (Å²) < 4.78 is 51.5. The molecule has 2 aliphatic heterocycles. The van der Waals surface area contributed by atoms with Crippen LogP contribution in [0.15, 0.2) is 36.4 Å². The van der Waals surface area contributed by atoms with Crippen molar-refractivity contribution in [1.29, 1.82) is 0 Å². The van der Waals surface area contributed by atoms with Crippen LogP contribution >= 0.6 is 0 Å². The molecule has 2 unspecified atom stereocenters. The molecule has 2 aliphatic rings. The number of hydrogen-bond donors (Lipinski definition) is 1. The number of halogens is 3. The molecule has 4 atom stereocenters. The van der Waals surface area contributed by atoms with E-state index in [1.165, 1.54) is 26.0 Å². The van der Waals surface area contributed by atoms with Crippen LogP contribution in [-0.4, -0.2) is 35.3 Å². The number of hydrogen-bond acceptors (Lipinski definition) is 3. The largest absolute Gasteiger partial charge is 0.493 e. The second-order valence-electron chi connectivity index (χ2n) is 10.1. The molecule has 174 valence electrons. The molecule has 1 N–H and O–H groups in total. The van der Waals surface area contributed by atoms with Crippen molar-refractivity contribution >= 4 is 5.69 Å². The summed E-state index contributed by atoms with van der Waals surface area (Å²) in [6.07, 6.45) is 1.51. The minimum atomic E-state index is -1.52. The van der Waals surface area contributed by atoms with Gasteiger partial charge in [0.1, 0.15) is 23.1 Å². The molecule has 0 radical (unpaired) electrons. The Bertz CT molecular complexity index is 966. The molecule has 4 rings (SSSR count). The predicted molar refractivity (Wildman–Crippen MR) is 122 cm³/mol. The highest BCUT2D eigenvalue weighted by Crippen LogP contribution is 2.57. The number of anilines is 1. The van der Waals surface area contributed by atoms with E-state index in [0.717, 1.165) is 24.1 Å². The van der Waals surface area contributed by atoms with Crippen molar-refractivity contribution < 1.29 is 17.9 Å². The summed E-state index contributed by atoms with van der Waals surface area (Å²) in [5, 5.41) is 3.57. The van der Waals surface area contributed by atoms with E-state index in [0.29, 0.717) is 6.61 Å². The fraction of sp³-hybridized carbons (Fsp3) is 0.538. The minimum absolute atomic E-state index is 0.0301. The monoisotopic (exact) mass is 446 g/mol. The van der Waals surface area contributed by atoms with Crippen molar-refractivity contribution in [2.75, 3.05) is 18.5 Å². The number of nitrogens with zero attached hydrogens (tertiary/aromatic N) is 1. The molecule has 0 bridgehead atoms. The van der Waals surface area contributed by atoms with Gasteiger partial charge in [-0.3, -0.25) is 4.90 Å². The second-order valence-corrected chi connectivity index (χ2v) is 10.1. The van der Waals surface area contributed by atoms with E-state index in [1.54, 1.807) is 0 Å². The maximum atomic E-state index is 15.5. The van der Waals surface area contributed by atoms with E-state index < -0.39 is 28.9 Å². The fourth-order valence-electron chi connectivity index (χ4n) is 5.59. The van der Waals surface area contributed by atoms with Gasteiger partial charge in [0.15, 0.2) is 0 Å². The summed E-state index contributed by atoms with van der Waals surface area (Å²) in [7, 11) is 0. The molecule has 0 aliphatic carbocycles. The van der Waals surface area contributed by atoms with Crippen LogP contribution in [0.5, 0.6) is 5.75 Å². The Balaban J connectivity index is 1.85. The van der Waals surface area contributed by atoms with E-state index in [4.69, 9.17) is 4.74 Å². The maximum absolute atomic E-state index is 15.5. The molecule has 32 heavy (non-hydrogen) atoms. The number of piperidine rings is 1. The average Bonchev–Trinajstić information content (AvgIpc) is 2.99. The zero-order valence-electron chi connectivity index (χ0n) is 19.5. The summed E-state index contributed by atoms with van der Waals surface area (Å²) in [6.45, 7) is 9.45. The molecule has 2 heterocycles. The first-order valence-corrected chi connectivity index (χ1v) is 11.5. The SMILES string of the molecule is CCCOc1cc(F)c([C@H]2N(CC(C)(C)F)[C@H](C)CC3c4ccccc4NC32C)c(F)c1. The van der Waals surface area contributed by atoms with Gasteiger partial charge in [-0.25, -0.2) is 13.2 Å². The number of ether oxygens (including phenoxy) is 1. The lowest BCUT2D eigenvalue weighted by molar-refractivity contribution is -0.00714. The molecule has 2 aromatic carbocycles. The van der Waals surface area contributed by atoms with Gasteiger partial charge < -0.3 is 10.1 Å². The molecule has 1 fully saturated rings. The highest BCUT2D eigenvalue weighted by atomic mass is 19.1. The molecule has 0 aromatic heterocycles. The van der Waals surface area contributed by atoms with Crippen LogP contribution in [0, 0.1) is 11.6 Å². The van der Waals surface area contributed by atoms with Crippen molar-refractivity contribution in [3.05, 3.63) is 59.2 Å². The van der Waals surface area contributed by atoms with E-state index in [-0.39, 0.29) is 29.8 Å². The van der Waals surface area contributed by atoms with Crippen molar-refractivity contribution in [3.63, 3.8) is 0 Å². The molecule has 0 amide bonds. The van der Waals surface area contributed by atoms with Gasteiger partial charge in [-0.2, -0.15) is 0 Å². The Morgan fingerprint density at radius 2 is 1.84 bits per heavy atom. The van der Waals surface area contributed by atoms with Gasteiger partial charge in [0.05, 0.1) is 18.2 Å². The number of fused-ring (bicyclic) bond motifs is 3. The third kappa shape index (κ3) is 3.98. The highest BCUT2D eigenvalue weighted by Gasteiger charge is 2.56. The van der Waals surface area contributed by atoms with Gasteiger partial charge in [0.2, 0.25) is 0 Å². The van der Waals surface area contributed by atoms with E-state index in [9.17, 15) is 4.39 Å². The van der Waals surface area contributed by atoms with Crippen LogP contribution in [-0.2, 0) is 0 Å². The first-order valence-electron chi connectivity index (χ1n) is 11.5. The van der Waals surface area contributed by atoms with Crippen LogP contribution in [0.4, 0.5) is 18.9 Å². The van der Waals surface area contributed by atoms with Crippen molar-refractivity contribution in [3.8, 4) is 5.75 Å². The number of para-hydroxylation sites is 1. The van der Waals surface area contributed by atoms with E-state index in [1.807, 2.05) is 43.9 Å². The van der Waals surface area contributed by atoms with Gasteiger partial charge in [0.25, 0.3) is 0 Å². The standard InChI is InChI=1S/C26H33F3N2O/c1-6-11-32-17-13-20(27)23(21(28)14-17)24-26(5)19(18-9-7-8-10-22(18)30-26)12-16(2)31(24)15-25(3,4)29/h7-10,13-14,16,19,24,30H,6,11-12,15H2,1-5H3/t16-,19?,24-,26?/m1/s1. The number of benzene rings is 2. The lowest BCUT2D eigenvalue weighted by Crippen LogP contribution is -2.60. The Hall–Kier alpha value is -2.21. The fourth-order valence-corrected chi connectivity index (χ4v) is 5.59. The summed E-state index contributed by atoms with van der Waals surface area (Å²) in [6, 6.07) is 9.77. The van der Waals surface area contributed by atoms with Gasteiger partial charge >= 0.3 is 0 Å². The molecule has 0 saturated carbocycles. The smallest absolute Gasteiger partial charge is 0.134 e. The first kappa shape index (κ1) is 23.0. The molecule has 1 saturated heterocycles. The Morgan fingerprint density at radius 1 is 1.19 bits per heavy atom. The van der Waals surface area contributed by atoms with E-state index in [2.05, 4.69) is 11.4 Å². The Kier molecular flexibility index (Phi) is 5.95. The lowest BCUT2D eigenvalue weighted by atomic mass is 9.68. The number of alkyl halides is 1. The van der Waals surface area contributed by atoms with Crippen LogP contribution in [0.2, 0.25) is 0 Å². The number of rotatable bonds is 6. The second kappa shape index (κ2) is 8.29. The zero-order valence-corrected chi connectivity index (χ0v) is 19.5. The zero-order chi connectivity index (χ0) is 23.3. The summed E-state index contributed by atoms with van der Waals surface area (Å²) in [4.78, 5) is 1.93. The highest BCUT2D eigenvalue weighted by molar-refractivity contribution is 5.63. The molecule has 2 aromatic rings. The lowest BCUT2D eigenvalue weighted by Gasteiger charge is -2.54. The molecule has 6 heteroatoms. The Labute approximate surface area is 189 Å². The minimum Gasteiger partial charge on any atom is -0.493 e. The van der Waals surface area contributed by atoms with Crippen molar-refractivity contribution in [2.45, 2.75) is 76.7 Å². The van der Waals surface area contributed by atoms with Crippen LogP contribution in [0.3, 0.4) is 0 Å². The van der Waals surface area contributed by atoms with Crippen LogP contribution in [0.25, 0.3) is 0 Å². The third-order valence-corrected chi connectivity index (χ3v) is 6.86. The van der Waals surface area contributed by atoms with Gasteiger partial charge in [-0.1, -0.05) is 25.1 Å². The van der Waals surface area contributed by atoms with Gasteiger partial charge in [0, 0.05) is 41.9 Å². The molecular formula is C26H33F3N2O. The van der Waals surface area contributed by atoms with Crippen LogP contribution in [0.1, 0.15) is 70.5 Å². The molecular weight excluding hydrogens is 413 g/mol. The summed E-state index contributed by atoms with van der Waals surface area (Å²) >= 11 is 0. The van der Waals surface area contributed by atoms with Crippen molar-refractivity contribution in [1.82, 2.24) is 4.90 Å². The number of nitrogens with one attached hydrogen (secondary N) is 1. The molecule has 3 nitrogen and oxygen atoms in total. The molecule has 0 spiro atoms. The summed E-state index contributed by atoms with van der Waals surface area (Å²) in [5.41, 5.74) is -0.123. The Morgan fingerprint density at radius 3 is 2.47 bits per heavy atom. The average molecular weight is 447 g/mol.